The van der Waals surface area contributed by atoms with Crippen LogP contribution in [0.3, 0.4) is 0 Å². The number of anilines is 1. The molecule has 1 amide bonds. The normalized spacial score (nSPS) is 23.2. The molecule has 12 heteroatoms. The Morgan fingerprint density at radius 1 is 1.36 bits per heavy atom. The second kappa shape index (κ2) is 8.52. The standard InChI is InChI=1S/C21H29FN6O4S/c1-12-17(24-10-16(25-12)32-6)18(29)26-13-7-8-15(22)14(9-13)21(4)11-28(5)33(30,31)20(2,3)19(23)27-21/h7-10,30-31H,11H2,1-6H3,(H2,23,27)(H,26,29)/t21-/m0/s1. The first kappa shape index (κ1) is 24.8. The number of carbonyl (C=O) groups excluding carboxylic acids is 1. The van der Waals surface area contributed by atoms with E-state index < -0.39 is 32.8 Å². The molecular weight excluding hydrogens is 451 g/mol. The van der Waals surface area contributed by atoms with E-state index in [0.29, 0.717) is 11.4 Å². The number of amidine groups is 1. The topological polar surface area (TPSA) is 144 Å². The van der Waals surface area contributed by atoms with Crippen molar-refractivity contribution >= 4 is 28.2 Å². The molecule has 1 aromatic carbocycles. The van der Waals surface area contributed by atoms with Crippen molar-refractivity contribution in [3.05, 3.63) is 47.2 Å². The zero-order valence-corrected chi connectivity index (χ0v) is 20.2. The molecule has 1 atom stereocenters. The number of hydrogen-bond acceptors (Lipinski definition) is 8. The predicted molar refractivity (Wildman–Crippen MR) is 125 cm³/mol. The fourth-order valence-corrected chi connectivity index (χ4v) is 5.22. The van der Waals surface area contributed by atoms with Crippen molar-refractivity contribution in [2.24, 2.45) is 0 Å². The molecule has 1 aliphatic rings. The van der Waals surface area contributed by atoms with Gasteiger partial charge >= 0.3 is 0 Å². The second-order valence-corrected chi connectivity index (χ2v) is 11.3. The van der Waals surface area contributed by atoms with E-state index in [-0.39, 0.29) is 29.5 Å². The minimum atomic E-state index is -3.36. The number of likely N-dealkylation sites (N-methyl/N-ethyl adjacent to an activating group) is 1. The van der Waals surface area contributed by atoms with Gasteiger partial charge in [-0.3, -0.25) is 19.3 Å². The zero-order valence-electron chi connectivity index (χ0n) is 19.4. The highest BCUT2D eigenvalue weighted by molar-refractivity contribution is 8.24. The fraction of sp³-hybridized carbons (Fsp3) is 0.429. The smallest absolute Gasteiger partial charge is 0.276 e. The highest BCUT2D eigenvalue weighted by Gasteiger charge is 2.49. The van der Waals surface area contributed by atoms with Gasteiger partial charge in [0.1, 0.15) is 22.1 Å². The van der Waals surface area contributed by atoms with Crippen LogP contribution in [-0.4, -0.2) is 60.6 Å². The Morgan fingerprint density at radius 3 is 2.64 bits per heavy atom. The number of benzene rings is 1. The Balaban J connectivity index is 1.96. The average Bonchev–Trinajstić information content (AvgIpc) is 2.77. The third-order valence-electron chi connectivity index (χ3n) is 5.83. The van der Waals surface area contributed by atoms with E-state index in [4.69, 9.17) is 10.1 Å². The average molecular weight is 481 g/mol. The number of aromatic nitrogens is 2. The van der Waals surface area contributed by atoms with Gasteiger partial charge in [-0.05, 0) is 45.9 Å². The molecule has 0 saturated carbocycles. The highest BCUT2D eigenvalue weighted by Crippen LogP contribution is 2.57. The molecule has 10 nitrogen and oxygen atoms in total. The lowest BCUT2D eigenvalue weighted by Gasteiger charge is -2.49. The molecular formula is C21H29FN6O4S. The van der Waals surface area contributed by atoms with Crippen LogP contribution >= 0.6 is 10.8 Å². The fourth-order valence-electron chi connectivity index (χ4n) is 3.68. The Morgan fingerprint density at radius 2 is 2.03 bits per heavy atom. The van der Waals surface area contributed by atoms with E-state index in [1.165, 1.54) is 42.9 Å². The molecule has 0 bridgehead atoms. The van der Waals surface area contributed by atoms with Crippen LogP contribution in [0.5, 0.6) is 5.88 Å². The number of aryl methyl sites for hydroxylation is 1. The van der Waals surface area contributed by atoms with Crippen LogP contribution in [0.2, 0.25) is 0 Å². The predicted octanol–water partition coefficient (Wildman–Crippen LogP) is 3.36. The van der Waals surface area contributed by atoms with Gasteiger partial charge in [0, 0.05) is 24.8 Å². The van der Waals surface area contributed by atoms with Crippen molar-refractivity contribution in [1.82, 2.24) is 19.6 Å². The van der Waals surface area contributed by atoms with Crippen LogP contribution in [0, 0.1) is 18.2 Å². The van der Waals surface area contributed by atoms with Crippen LogP contribution < -0.4 is 15.4 Å². The lowest BCUT2D eigenvalue weighted by Crippen LogP contribution is -2.51. The lowest BCUT2D eigenvalue weighted by atomic mass is 9.90. The van der Waals surface area contributed by atoms with Crippen LogP contribution in [-0.2, 0) is 5.54 Å². The van der Waals surface area contributed by atoms with Gasteiger partial charge in [0.2, 0.25) is 5.88 Å². The molecule has 0 unspecified atom stereocenters. The third-order valence-corrected chi connectivity index (χ3v) is 8.40. The SMILES string of the molecule is COc1cnc(C(=O)Nc2ccc(F)c([C@]3(C)CN(C)S(O)(O)C(C)(C)C(=N)N3)c2)c(C)n1. The maximum atomic E-state index is 15.0. The minimum Gasteiger partial charge on any atom is -0.480 e. The van der Waals surface area contributed by atoms with E-state index in [9.17, 15) is 18.3 Å². The molecule has 2 heterocycles. The van der Waals surface area contributed by atoms with Gasteiger partial charge in [0.25, 0.3) is 5.91 Å². The Hall–Kier alpha value is -2.80. The second-order valence-electron chi connectivity index (χ2n) is 8.64. The van der Waals surface area contributed by atoms with Crippen LogP contribution in [0.1, 0.15) is 42.5 Å². The molecule has 180 valence electrons. The van der Waals surface area contributed by atoms with Gasteiger partial charge in [-0.2, -0.15) is 0 Å². The van der Waals surface area contributed by atoms with E-state index in [2.05, 4.69) is 20.6 Å². The lowest BCUT2D eigenvalue weighted by molar-refractivity contribution is 0.102. The Labute approximate surface area is 193 Å². The van der Waals surface area contributed by atoms with Crippen LogP contribution in [0.25, 0.3) is 0 Å². The third kappa shape index (κ3) is 4.38. The van der Waals surface area contributed by atoms with Crippen LogP contribution in [0.4, 0.5) is 10.1 Å². The Kier molecular flexibility index (Phi) is 6.41. The highest BCUT2D eigenvalue weighted by atomic mass is 32.3. The summed E-state index contributed by atoms with van der Waals surface area (Å²) in [5.74, 6) is -0.951. The van der Waals surface area contributed by atoms with E-state index >= 15 is 0 Å². The first-order valence-corrected chi connectivity index (χ1v) is 11.6. The maximum Gasteiger partial charge on any atom is 0.276 e. The van der Waals surface area contributed by atoms with Crippen molar-refractivity contribution in [2.45, 2.75) is 38.0 Å². The van der Waals surface area contributed by atoms with Crippen molar-refractivity contribution < 1.29 is 23.0 Å². The number of hydrogen-bond donors (Lipinski definition) is 5. The number of rotatable bonds is 4. The summed E-state index contributed by atoms with van der Waals surface area (Å²) >= 11 is 0. The van der Waals surface area contributed by atoms with Gasteiger partial charge in [0.05, 0.1) is 24.5 Å². The monoisotopic (exact) mass is 480 g/mol. The van der Waals surface area contributed by atoms with Crippen molar-refractivity contribution in [3.63, 3.8) is 0 Å². The number of nitrogens with zero attached hydrogens (tertiary/aromatic N) is 3. The van der Waals surface area contributed by atoms with Gasteiger partial charge in [-0.1, -0.05) is 0 Å². The van der Waals surface area contributed by atoms with Crippen molar-refractivity contribution in [2.75, 3.05) is 26.0 Å². The van der Waals surface area contributed by atoms with Gasteiger partial charge in [-0.15, -0.1) is 10.8 Å². The number of nitrogens with one attached hydrogen (secondary N) is 3. The number of methoxy groups -OCH3 is 1. The van der Waals surface area contributed by atoms with Crippen molar-refractivity contribution in [3.8, 4) is 5.88 Å². The number of carbonyl (C=O) groups is 1. The minimum absolute atomic E-state index is 0.00146. The summed E-state index contributed by atoms with van der Waals surface area (Å²) in [4.78, 5) is 21.0. The van der Waals surface area contributed by atoms with Gasteiger partial charge in [0.15, 0.2) is 0 Å². The number of ether oxygens (including phenoxy) is 1. The maximum absolute atomic E-state index is 15.0. The molecule has 0 spiro atoms. The summed E-state index contributed by atoms with van der Waals surface area (Å²) in [7, 11) is -0.399. The molecule has 1 saturated heterocycles. The molecule has 0 aliphatic carbocycles. The molecule has 1 aliphatic heterocycles. The van der Waals surface area contributed by atoms with E-state index in [1.54, 1.807) is 27.7 Å². The summed E-state index contributed by atoms with van der Waals surface area (Å²) < 4.78 is 41.5. The number of amides is 1. The molecule has 33 heavy (non-hydrogen) atoms. The summed E-state index contributed by atoms with van der Waals surface area (Å²) in [5.41, 5.74) is -0.265. The first-order chi connectivity index (χ1) is 15.2. The van der Waals surface area contributed by atoms with Gasteiger partial charge in [-0.25, -0.2) is 18.7 Å². The zero-order chi connectivity index (χ0) is 24.8. The molecule has 1 fully saturated rings. The summed E-state index contributed by atoms with van der Waals surface area (Å²) in [6, 6.07) is 4.08. The van der Waals surface area contributed by atoms with E-state index in [1.807, 2.05) is 0 Å². The molecule has 2 aromatic rings. The molecule has 5 N–H and O–H groups in total. The summed E-state index contributed by atoms with van der Waals surface area (Å²) in [5, 5.41) is 14.1. The first-order valence-electron chi connectivity index (χ1n) is 10.1. The number of halogens is 1. The molecule has 0 radical (unpaired) electrons. The molecule has 1 aromatic heterocycles. The largest absolute Gasteiger partial charge is 0.480 e. The summed E-state index contributed by atoms with van der Waals surface area (Å²) in [6.45, 7) is 6.38. The van der Waals surface area contributed by atoms with Gasteiger partial charge < -0.3 is 15.4 Å². The summed E-state index contributed by atoms with van der Waals surface area (Å²) in [6.07, 6.45) is 1.33. The van der Waals surface area contributed by atoms with E-state index in [0.717, 1.165) is 0 Å². The van der Waals surface area contributed by atoms with Crippen molar-refractivity contribution in [1.29, 1.82) is 5.41 Å². The quantitative estimate of drug-likeness (QED) is 0.448. The molecule has 3 rings (SSSR count). The van der Waals surface area contributed by atoms with Crippen LogP contribution in [0.15, 0.2) is 24.4 Å². The Bertz CT molecular complexity index is 1110.